The number of rotatable bonds is 0. The van der Waals surface area contributed by atoms with E-state index in [2.05, 4.69) is 9.97 Å². The molecule has 0 amide bonds. The molecular formula is C8H6FN3OS. The minimum atomic E-state index is -0.823. The number of aromatic amines is 1. The monoisotopic (exact) mass is 211 g/mol. The number of fused-ring (bicyclic) bond motifs is 1. The van der Waals surface area contributed by atoms with Gasteiger partial charge in [0.1, 0.15) is 5.65 Å². The number of aryl methyl sites for hydroxylation is 1. The van der Waals surface area contributed by atoms with E-state index < -0.39 is 11.2 Å². The molecule has 0 unspecified atom stereocenters. The van der Waals surface area contributed by atoms with Crippen molar-refractivity contribution in [1.82, 2.24) is 14.5 Å². The predicted molar refractivity (Wildman–Crippen MR) is 52.1 cm³/mol. The van der Waals surface area contributed by atoms with E-state index in [1.807, 2.05) is 0 Å². The highest BCUT2D eigenvalue weighted by Gasteiger charge is 2.05. The van der Waals surface area contributed by atoms with Gasteiger partial charge in [0.15, 0.2) is 5.82 Å². The van der Waals surface area contributed by atoms with Gasteiger partial charge < -0.3 is 9.55 Å². The number of hydrogen-bond acceptors (Lipinski definition) is 3. The topological polar surface area (TPSA) is 50.7 Å². The van der Waals surface area contributed by atoms with Crippen molar-refractivity contribution in [1.29, 1.82) is 0 Å². The molecule has 6 heteroatoms. The third-order valence-corrected chi connectivity index (χ3v) is 2.26. The van der Waals surface area contributed by atoms with Crippen molar-refractivity contribution in [2.24, 2.45) is 7.05 Å². The van der Waals surface area contributed by atoms with Gasteiger partial charge in [-0.3, -0.25) is 4.79 Å². The van der Waals surface area contributed by atoms with Crippen molar-refractivity contribution in [3.05, 3.63) is 33.2 Å². The molecule has 72 valence electrons. The maximum atomic E-state index is 12.9. The molecule has 0 fully saturated rings. The van der Waals surface area contributed by atoms with Crippen molar-refractivity contribution in [3.8, 4) is 0 Å². The largest absolute Gasteiger partial charge is 0.343 e. The first-order valence-electron chi connectivity index (χ1n) is 3.84. The molecule has 2 aromatic rings. The van der Waals surface area contributed by atoms with Crippen molar-refractivity contribution in [2.75, 3.05) is 0 Å². The molecular weight excluding hydrogens is 205 g/mol. The highest BCUT2D eigenvalue weighted by atomic mass is 32.1. The lowest BCUT2D eigenvalue weighted by Crippen LogP contribution is -2.10. The standard InChI is InChI=1S/C8H6FN3OS/c1-12-3-4-6(13)5(9)2-10-7(4)11-8(12)14/h2-3H,1H3,(H,10,11,14). The molecule has 2 aromatic heterocycles. The lowest BCUT2D eigenvalue weighted by molar-refractivity contribution is 0.614. The van der Waals surface area contributed by atoms with Crippen LogP contribution in [0.25, 0.3) is 11.0 Å². The number of aromatic nitrogens is 3. The van der Waals surface area contributed by atoms with Crippen molar-refractivity contribution in [2.45, 2.75) is 0 Å². The Balaban J connectivity index is 3.05. The normalized spacial score (nSPS) is 10.7. The summed E-state index contributed by atoms with van der Waals surface area (Å²) in [5.74, 6) is -0.823. The molecule has 14 heavy (non-hydrogen) atoms. The molecule has 2 rings (SSSR count). The number of pyridine rings is 1. The van der Waals surface area contributed by atoms with E-state index in [0.29, 0.717) is 10.4 Å². The quantitative estimate of drug-likeness (QED) is 0.664. The number of H-pyrrole nitrogens is 1. The highest BCUT2D eigenvalue weighted by Crippen LogP contribution is 2.03. The highest BCUT2D eigenvalue weighted by molar-refractivity contribution is 7.71. The molecule has 0 aliphatic heterocycles. The number of halogens is 1. The van der Waals surface area contributed by atoms with Gasteiger partial charge in [-0.2, -0.15) is 0 Å². The van der Waals surface area contributed by atoms with Gasteiger partial charge in [0.2, 0.25) is 10.2 Å². The van der Waals surface area contributed by atoms with Crippen LogP contribution in [0.3, 0.4) is 0 Å². The van der Waals surface area contributed by atoms with Crippen molar-refractivity contribution >= 4 is 23.3 Å². The Kier molecular flexibility index (Phi) is 1.92. The van der Waals surface area contributed by atoms with Gasteiger partial charge >= 0.3 is 0 Å². The summed E-state index contributed by atoms with van der Waals surface area (Å²) in [6, 6.07) is 0. The van der Waals surface area contributed by atoms with Crippen LogP contribution in [-0.4, -0.2) is 14.5 Å². The third-order valence-electron chi connectivity index (χ3n) is 1.88. The van der Waals surface area contributed by atoms with Crippen LogP contribution in [0.1, 0.15) is 0 Å². The molecule has 0 aromatic carbocycles. The Morgan fingerprint density at radius 2 is 2.36 bits per heavy atom. The summed E-state index contributed by atoms with van der Waals surface area (Å²) in [4.78, 5) is 17.8. The SMILES string of the molecule is Cn1cc2c(=O)c(F)c[nH]c2nc1=S. The molecule has 2 heterocycles. The van der Waals surface area contributed by atoms with Gasteiger partial charge in [-0.25, -0.2) is 9.37 Å². The Labute approximate surface area is 83.0 Å². The molecule has 0 spiro atoms. The molecule has 0 saturated heterocycles. The zero-order valence-corrected chi connectivity index (χ0v) is 8.06. The molecule has 1 N–H and O–H groups in total. The molecule has 0 bridgehead atoms. The van der Waals surface area contributed by atoms with Gasteiger partial charge in [0.05, 0.1) is 5.39 Å². The van der Waals surface area contributed by atoms with Crippen LogP contribution in [-0.2, 0) is 7.05 Å². The first-order chi connectivity index (χ1) is 6.59. The van der Waals surface area contributed by atoms with E-state index in [-0.39, 0.29) is 5.39 Å². The van der Waals surface area contributed by atoms with E-state index in [1.165, 1.54) is 10.8 Å². The molecule has 0 radical (unpaired) electrons. The predicted octanol–water partition coefficient (Wildman–Crippen LogP) is 1.13. The van der Waals surface area contributed by atoms with Gasteiger partial charge in [-0.1, -0.05) is 0 Å². The molecule has 0 atom stereocenters. The zero-order chi connectivity index (χ0) is 10.3. The second-order valence-corrected chi connectivity index (χ2v) is 3.23. The minimum Gasteiger partial charge on any atom is -0.343 e. The van der Waals surface area contributed by atoms with E-state index in [1.54, 1.807) is 7.05 Å². The van der Waals surface area contributed by atoms with Gasteiger partial charge in [-0.15, -0.1) is 0 Å². The number of nitrogens with zero attached hydrogens (tertiary/aromatic N) is 2. The first kappa shape index (κ1) is 9.01. The van der Waals surface area contributed by atoms with Crippen molar-refractivity contribution in [3.63, 3.8) is 0 Å². The second-order valence-electron chi connectivity index (χ2n) is 2.86. The van der Waals surface area contributed by atoms with E-state index in [0.717, 1.165) is 6.20 Å². The Hall–Kier alpha value is -1.56. The Bertz CT molecular complexity index is 616. The summed E-state index contributed by atoms with van der Waals surface area (Å²) in [6.45, 7) is 0. The van der Waals surface area contributed by atoms with Crippen LogP contribution in [0.4, 0.5) is 4.39 Å². The average molecular weight is 211 g/mol. The zero-order valence-electron chi connectivity index (χ0n) is 7.24. The summed E-state index contributed by atoms with van der Waals surface area (Å²) in [7, 11) is 1.65. The van der Waals surface area contributed by atoms with Crippen LogP contribution in [0.15, 0.2) is 17.2 Å². The average Bonchev–Trinajstić information content (AvgIpc) is 2.15. The maximum Gasteiger partial charge on any atom is 0.228 e. The second kappa shape index (κ2) is 2.98. The van der Waals surface area contributed by atoms with Gasteiger partial charge in [0, 0.05) is 19.4 Å². The lowest BCUT2D eigenvalue weighted by Gasteiger charge is -2.00. The fourth-order valence-electron chi connectivity index (χ4n) is 1.15. The summed E-state index contributed by atoms with van der Waals surface area (Å²) >= 11 is 4.89. The van der Waals surface area contributed by atoms with E-state index in [4.69, 9.17) is 12.2 Å². The minimum absolute atomic E-state index is 0.195. The van der Waals surface area contributed by atoms with Crippen LogP contribution < -0.4 is 5.43 Å². The summed E-state index contributed by atoms with van der Waals surface area (Å²) < 4.78 is 14.7. The maximum absolute atomic E-state index is 12.9. The van der Waals surface area contributed by atoms with Gasteiger partial charge in [0.25, 0.3) is 0 Å². The van der Waals surface area contributed by atoms with Crippen LogP contribution in [0, 0.1) is 10.6 Å². The number of hydrogen-bond donors (Lipinski definition) is 1. The molecule has 0 aliphatic carbocycles. The summed E-state index contributed by atoms with van der Waals surface area (Å²) in [6.07, 6.45) is 2.44. The molecule has 0 aliphatic rings. The summed E-state index contributed by atoms with van der Waals surface area (Å²) in [5.41, 5.74) is -0.364. The summed E-state index contributed by atoms with van der Waals surface area (Å²) in [5, 5.41) is 0.195. The van der Waals surface area contributed by atoms with Crippen LogP contribution >= 0.6 is 12.2 Å². The van der Waals surface area contributed by atoms with Crippen LogP contribution in [0.5, 0.6) is 0 Å². The first-order valence-corrected chi connectivity index (χ1v) is 4.25. The van der Waals surface area contributed by atoms with E-state index in [9.17, 15) is 9.18 Å². The molecule has 4 nitrogen and oxygen atoms in total. The fourth-order valence-corrected chi connectivity index (χ4v) is 1.29. The molecule has 0 saturated carbocycles. The Morgan fingerprint density at radius 1 is 1.64 bits per heavy atom. The van der Waals surface area contributed by atoms with Gasteiger partial charge in [-0.05, 0) is 12.2 Å². The number of nitrogens with one attached hydrogen (secondary N) is 1. The lowest BCUT2D eigenvalue weighted by atomic mass is 10.3. The van der Waals surface area contributed by atoms with E-state index >= 15 is 0 Å². The van der Waals surface area contributed by atoms with Crippen molar-refractivity contribution < 1.29 is 4.39 Å². The smallest absolute Gasteiger partial charge is 0.228 e. The Morgan fingerprint density at radius 3 is 3.07 bits per heavy atom. The third kappa shape index (κ3) is 1.24. The van der Waals surface area contributed by atoms with Crippen LogP contribution in [0.2, 0.25) is 0 Å². The fraction of sp³-hybridized carbons (Fsp3) is 0.125.